The number of aryl methyl sites for hydroxylation is 1. The number of rotatable bonds is 4. The second-order valence-corrected chi connectivity index (χ2v) is 8.94. The van der Waals surface area contributed by atoms with Crippen LogP contribution in [0.4, 0.5) is 0 Å². The summed E-state index contributed by atoms with van der Waals surface area (Å²) in [6.45, 7) is 1.94. The molecule has 0 bridgehead atoms. The lowest BCUT2D eigenvalue weighted by Crippen LogP contribution is -2.38. The van der Waals surface area contributed by atoms with Crippen LogP contribution < -0.4 is 4.72 Å². The van der Waals surface area contributed by atoms with Crippen LogP contribution in [0.15, 0.2) is 27.6 Å². The monoisotopic (exact) mass is 377 g/mol. The first-order chi connectivity index (χ1) is 9.42. The lowest BCUT2D eigenvalue weighted by atomic mass is 9.96. The van der Waals surface area contributed by atoms with Gasteiger partial charge >= 0.3 is 0 Å². The Morgan fingerprint density at radius 1 is 1.25 bits per heavy atom. The second-order valence-electron chi connectivity index (χ2n) is 5.26. The number of nitrogens with one attached hydrogen (secondary N) is 1. The molecule has 0 spiro atoms. The van der Waals surface area contributed by atoms with Gasteiger partial charge in [0.1, 0.15) is 0 Å². The summed E-state index contributed by atoms with van der Waals surface area (Å²) in [7, 11) is -3.44. The van der Waals surface area contributed by atoms with Gasteiger partial charge in [-0.15, -0.1) is 0 Å². The Morgan fingerprint density at radius 2 is 1.90 bits per heavy atom. The van der Waals surface area contributed by atoms with Crippen LogP contribution in [-0.4, -0.2) is 26.0 Å². The van der Waals surface area contributed by atoms with E-state index in [1.807, 2.05) is 30.8 Å². The summed E-state index contributed by atoms with van der Waals surface area (Å²) in [5, 5.41) is 0.682. The van der Waals surface area contributed by atoms with E-state index < -0.39 is 10.0 Å². The molecule has 1 aliphatic carbocycles. The third kappa shape index (κ3) is 4.00. The summed E-state index contributed by atoms with van der Waals surface area (Å²) in [6, 6.07) is 5.38. The van der Waals surface area contributed by atoms with Crippen molar-refractivity contribution in [1.29, 1.82) is 0 Å². The molecule has 112 valence electrons. The number of halogens is 1. The van der Waals surface area contributed by atoms with Gasteiger partial charge in [0.05, 0.1) is 4.90 Å². The van der Waals surface area contributed by atoms with Gasteiger partial charge in [0.2, 0.25) is 10.0 Å². The molecule has 1 fully saturated rings. The minimum atomic E-state index is -3.44. The standard InChI is InChI=1S/C14H20BrNO2S2/c1-10-3-8-14(13(15)9-10)20(17,18)16-11-4-6-12(19-2)7-5-11/h3,8-9,11-12,16H,4-7H2,1-2H3. The quantitative estimate of drug-likeness (QED) is 0.869. The first-order valence-corrected chi connectivity index (χ1v) is 10.3. The van der Waals surface area contributed by atoms with E-state index in [9.17, 15) is 8.42 Å². The molecule has 0 aromatic heterocycles. The third-order valence-corrected chi connectivity index (χ3v) is 7.34. The van der Waals surface area contributed by atoms with Crippen molar-refractivity contribution in [3.05, 3.63) is 28.2 Å². The Labute approximate surface area is 134 Å². The SMILES string of the molecule is CSC1CCC(NS(=O)(=O)c2ccc(C)cc2Br)CC1. The molecule has 20 heavy (non-hydrogen) atoms. The lowest BCUT2D eigenvalue weighted by Gasteiger charge is -2.28. The molecular weight excluding hydrogens is 358 g/mol. The van der Waals surface area contributed by atoms with Gasteiger partial charge < -0.3 is 0 Å². The van der Waals surface area contributed by atoms with Gasteiger partial charge in [-0.05, 0) is 72.5 Å². The molecule has 0 radical (unpaired) electrons. The largest absolute Gasteiger partial charge is 0.241 e. The van der Waals surface area contributed by atoms with Crippen molar-refractivity contribution in [1.82, 2.24) is 4.72 Å². The molecule has 1 saturated carbocycles. The van der Waals surface area contributed by atoms with Crippen molar-refractivity contribution in [2.45, 2.75) is 48.8 Å². The molecule has 1 aliphatic rings. The molecular formula is C14H20BrNO2S2. The molecule has 1 N–H and O–H groups in total. The first-order valence-electron chi connectivity index (χ1n) is 6.73. The van der Waals surface area contributed by atoms with Crippen molar-refractivity contribution in [2.75, 3.05) is 6.26 Å². The Hall–Kier alpha value is -0.0400. The first kappa shape index (κ1) is 16.3. The predicted octanol–water partition coefficient (Wildman–Crippen LogP) is 3.71. The minimum absolute atomic E-state index is 0.0663. The molecule has 0 aliphatic heterocycles. The fraction of sp³-hybridized carbons (Fsp3) is 0.571. The predicted molar refractivity (Wildman–Crippen MR) is 88.8 cm³/mol. The van der Waals surface area contributed by atoms with E-state index >= 15 is 0 Å². The summed E-state index contributed by atoms with van der Waals surface area (Å²) < 4.78 is 28.4. The van der Waals surface area contributed by atoms with Crippen molar-refractivity contribution < 1.29 is 8.42 Å². The molecule has 0 heterocycles. The van der Waals surface area contributed by atoms with Gasteiger partial charge in [-0.2, -0.15) is 11.8 Å². The van der Waals surface area contributed by atoms with Crippen LogP contribution >= 0.6 is 27.7 Å². The molecule has 2 rings (SSSR count). The van der Waals surface area contributed by atoms with Crippen molar-refractivity contribution >= 4 is 37.7 Å². The van der Waals surface area contributed by atoms with Crippen LogP contribution in [0.2, 0.25) is 0 Å². The van der Waals surface area contributed by atoms with Gasteiger partial charge in [0.25, 0.3) is 0 Å². The number of sulfonamides is 1. The van der Waals surface area contributed by atoms with E-state index in [1.165, 1.54) is 0 Å². The number of thioether (sulfide) groups is 1. The number of hydrogen-bond donors (Lipinski definition) is 1. The maximum absolute atomic E-state index is 12.4. The lowest BCUT2D eigenvalue weighted by molar-refractivity contribution is 0.420. The average Bonchev–Trinajstić information content (AvgIpc) is 2.38. The normalized spacial score (nSPS) is 23.8. The van der Waals surface area contributed by atoms with E-state index in [1.54, 1.807) is 6.07 Å². The average molecular weight is 378 g/mol. The van der Waals surface area contributed by atoms with Gasteiger partial charge in [-0.1, -0.05) is 6.07 Å². The van der Waals surface area contributed by atoms with Crippen LogP contribution in [0.25, 0.3) is 0 Å². The second kappa shape index (κ2) is 6.81. The highest BCUT2D eigenvalue weighted by Crippen LogP contribution is 2.29. The van der Waals surface area contributed by atoms with E-state index in [0.29, 0.717) is 14.6 Å². The maximum atomic E-state index is 12.4. The van der Waals surface area contributed by atoms with Gasteiger partial charge in [0, 0.05) is 15.8 Å². The highest BCUT2D eigenvalue weighted by Gasteiger charge is 2.26. The molecule has 0 amide bonds. The maximum Gasteiger partial charge on any atom is 0.241 e. The van der Waals surface area contributed by atoms with Crippen LogP contribution in [0.5, 0.6) is 0 Å². The zero-order chi connectivity index (χ0) is 14.8. The summed E-state index contributed by atoms with van der Waals surface area (Å²) in [4.78, 5) is 0.329. The molecule has 1 aromatic carbocycles. The summed E-state index contributed by atoms with van der Waals surface area (Å²) in [5.41, 5.74) is 1.04. The highest BCUT2D eigenvalue weighted by atomic mass is 79.9. The van der Waals surface area contributed by atoms with Crippen LogP contribution in [-0.2, 0) is 10.0 Å². The van der Waals surface area contributed by atoms with Crippen molar-refractivity contribution in [3.8, 4) is 0 Å². The van der Waals surface area contributed by atoms with Crippen molar-refractivity contribution in [3.63, 3.8) is 0 Å². The molecule has 6 heteroatoms. The Balaban J connectivity index is 2.08. The zero-order valence-electron chi connectivity index (χ0n) is 11.7. The molecule has 0 saturated heterocycles. The molecule has 0 unspecified atom stereocenters. The Kier molecular flexibility index (Phi) is 5.56. The van der Waals surface area contributed by atoms with E-state index in [-0.39, 0.29) is 6.04 Å². The fourth-order valence-corrected chi connectivity index (χ4v) is 5.76. The van der Waals surface area contributed by atoms with Crippen LogP contribution in [0, 0.1) is 6.92 Å². The van der Waals surface area contributed by atoms with E-state index in [4.69, 9.17) is 0 Å². The summed E-state index contributed by atoms with van der Waals surface area (Å²) >= 11 is 5.23. The topological polar surface area (TPSA) is 46.2 Å². The Bertz CT molecular complexity index is 567. The van der Waals surface area contributed by atoms with Crippen LogP contribution in [0.3, 0.4) is 0 Å². The van der Waals surface area contributed by atoms with Crippen molar-refractivity contribution in [2.24, 2.45) is 0 Å². The van der Waals surface area contributed by atoms with E-state index in [2.05, 4.69) is 26.9 Å². The summed E-state index contributed by atoms with van der Waals surface area (Å²) in [6.07, 6.45) is 6.15. The van der Waals surface area contributed by atoms with Gasteiger partial charge in [0.15, 0.2) is 0 Å². The van der Waals surface area contributed by atoms with Gasteiger partial charge in [-0.3, -0.25) is 0 Å². The van der Waals surface area contributed by atoms with Gasteiger partial charge in [-0.25, -0.2) is 13.1 Å². The zero-order valence-corrected chi connectivity index (χ0v) is 14.9. The highest BCUT2D eigenvalue weighted by molar-refractivity contribution is 9.10. The molecule has 0 atom stereocenters. The number of benzene rings is 1. The smallest absolute Gasteiger partial charge is 0.208 e. The molecule has 3 nitrogen and oxygen atoms in total. The van der Waals surface area contributed by atoms with Crippen LogP contribution in [0.1, 0.15) is 31.2 Å². The molecule has 1 aromatic rings. The fourth-order valence-electron chi connectivity index (χ4n) is 2.52. The minimum Gasteiger partial charge on any atom is -0.208 e. The van der Waals surface area contributed by atoms with E-state index in [0.717, 1.165) is 31.2 Å². The Morgan fingerprint density at radius 3 is 2.45 bits per heavy atom. The number of hydrogen-bond acceptors (Lipinski definition) is 3. The summed E-state index contributed by atoms with van der Waals surface area (Å²) in [5.74, 6) is 0. The third-order valence-electron chi connectivity index (χ3n) is 3.71.